The summed E-state index contributed by atoms with van der Waals surface area (Å²) < 4.78 is 27.5. The van der Waals surface area contributed by atoms with Crippen molar-refractivity contribution in [1.29, 1.82) is 0 Å². The number of sulfonamides is 1. The maximum atomic E-state index is 12.2. The molecular formula is C10H8BrClN2O2S2. The van der Waals surface area contributed by atoms with Gasteiger partial charge in [-0.1, -0.05) is 11.6 Å². The summed E-state index contributed by atoms with van der Waals surface area (Å²) in [7, 11) is -3.66. The largest absolute Gasteiger partial charge is 0.264 e. The zero-order chi connectivity index (χ0) is 13.3. The number of aromatic nitrogens is 1. The van der Waals surface area contributed by atoms with Crippen molar-refractivity contribution in [3.05, 3.63) is 38.1 Å². The van der Waals surface area contributed by atoms with Crippen molar-refractivity contribution in [2.75, 3.05) is 4.72 Å². The van der Waals surface area contributed by atoms with Gasteiger partial charge in [0.2, 0.25) is 0 Å². The minimum Gasteiger partial charge on any atom is -0.262 e. The first-order valence-corrected chi connectivity index (χ1v) is 8.26. The topological polar surface area (TPSA) is 59.1 Å². The van der Waals surface area contributed by atoms with Crippen LogP contribution in [0.15, 0.2) is 33.1 Å². The Morgan fingerprint density at radius 3 is 2.78 bits per heavy atom. The van der Waals surface area contributed by atoms with E-state index in [-0.39, 0.29) is 15.7 Å². The summed E-state index contributed by atoms with van der Waals surface area (Å²) in [5.41, 5.74) is 0. The molecule has 0 radical (unpaired) electrons. The van der Waals surface area contributed by atoms with Gasteiger partial charge >= 0.3 is 0 Å². The molecule has 0 aliphatic carbocycles. The number of aryl methyl sites for hydroxylation is 1. The van der Waals surface area contributed by atoms with Gasteiger partial charge in [-0.05, 0) is 41.1 Å². The first-order valence-electron chi connectivity index (χ1n) is 4.79. The summed E-state index contributed by atoms with van der Waals surface area (Å²) in [5, 5.41) is 0.257. The van der Waals surface area contributed by atoms with E-state index >= 15 is 0 Å². The van der Waals surface area contributed by atoms with Crippen molar-refractivity contribution in [1.82, 2.24) is 4.98 Å². The summed E-state index contributed by atoms with van der Waals surface area (Å²) >= 11 is 10.5. The Hall–Kier alpha value is -0.630. The summed E-state index contributed by atoms with van der Waals surface area (Å²) in [6.45, 7) is 1.74. The van der Waals surface area contributed by atoms with Gasteiger partial charge in [0.15, 0.2) is 5.82 Å². The van der Waals surface area contributed by atoms with Crippen LogP contribution in [-0.4, -0.2) is 13.4 Å². The molecule has 0 saturated carbocycles. The normalized spacial score (nSPS) is 11.5. The fourth-order valence-electron chi connectivity index (χ4n) is 1.34. The van der Waals surface area contributed by atoms with Crippen LogP contribution in [0.1, 0.15) is 4.88 Å². The monoisotopic (exact) mass is 366 g/mol. The van der Waals surface area contributed by atoms with Gasteiger partial charge < -0.3 is 0 Å². The Labute approximate surface area is 122 Å². The number of hydrogen-bond donors (Lipinski definition) is 1. The number of thiophene rings is 1. The van der Waals surface area contributed by atoms with Crippen LogP contribution >= 0.6 is 38.9 Å². The van der Waals surface area contributed by atoms with E-state index in [1.54, 1.807) is 25.1 Å². The van der Waals surface area contributed by atoms with Crippen molar-refractivity contribution in [3.63, 3.8) is 0 Å². The molecule has 0 spiro atoms. The van der Waals surface area contributed by atoms with Gasteiger partial charge in [-0.25, -0.2) is 13.4 Å². The number of nitrogens with zero attached hydrogens (tertiary/aromatic N) is 1. The summed E-state index contributed by atoms with van der Waals surface area (Å²) in [4.78, 5) is 4.81. The molecule has 2 heterocycles. The second-order valence-corrected chi connectivity index (χ2v) is 8.10. The molecule has 2 rings (SSSR count). The highest BCUT2D eigenvalue weighted by molar-refractivity contribution is 9.11. The maximum Gasteiger partial charge on any atom is 0.264 e. The van der Waals surface area contributed by atoms with Crippen LogP contribution in [0.2, 0.25) is 5.02 Å². The molecule has 0 atom stereocenters. The summed E-state index contributed by atoms with van der Waals surface area (Å²) in [6, 6.07) is 4.76. The van der Waals surface area contributed by atoms with E-state index in [9.17, 15) is 8.42 Å². The van der Waals surface area contributed by atoms with Gasteiger partial charge in [0.25, 0.3) is 10.0 Å². The van der Waals surface area contributed by atoms with E-state index in [0.717, 1.165) is 3.79 Å². The maximum absolute atomic E-state index is 12.2. The van der Waals surface area contributed by atoms with E-state index < -0.39 is 10.0 Å². The van der Waals surface area contributed by atoms with Crippen molar-refractivity contribution in [3.8, 4) is 0 Å². The van der Waals surface area contributed by atoms with Crippen LogP contribution in [-0.2, 0) is 10.0 Å². The molecule has 8 heteroatoms. The highest BCUT2D eigenvalue weighted by Gasteiger charge is 2.20. The average Bonchev–Trinajstić information content (AvgIpc) is 2.62. The van der Waals surface area contributed by atoms with Crippen LogP contribution in [0.5, 0.6) is 0 Å². The predicted molar refractivity (Wildman–Crippen MR) is 76.8 cm³/mol. The first-order chi connectivity index (χ1) is 8.40. The van der Waals surface area contributed by atoms with Crippen LogP contribution < -0.4 is 4.72 Å². The Morgan fingerprint density at radius 2 is 2.22 bits per heavy atom. The molecule has 0 aliphatic rings. The third-order valence-corrected chi connectivity index (χ3v) is 5.57. The van der Waals surface area contributed by atoms with E-state index in [1.165, 1.54) is 17.5 Å². The second-order valence-electron chi connectivity index (χ2n) is 3.41. The lowest BCUT2D eigenvalue weighted by Crippen LogP contribution is -2.14. The number of anilines is 1. The number of halogens is 2. The lowest BCUT2D eigenvalue weighted by molar-refractivity contribution is 0.601. The van der Waals surface area contributed by atoms with Gasteiger partial charge in [0, 0.05) is 11.1 Å². The zero-order valence-electron chi connectivity index (χ0n) is 9.15. The molecule has 0 aromatic carbocycles. The zero-order valence-corrected chi connectivity index (χ0v) is 13.1. The van der Waals surface area contributed by atoms with Crippen LogP contribution in [0.25, 0.3) is 0 Å². The quantitative estimate of drug-likeness (QED) is 0.900. The molecule has 2 aromatic rings. The molecule has 96 valence electrons. The highest BCUT2D eigenvalue weighted by atomic mass is 79.9. The van der Waals surface area contributed by atoms with E-state index in [0.29, 0.717) is 4.88 Å². The minimum absolute atomic E-state index is 0.126. The fourth-order valence-corrected chi connectivity index (χ4v) is 5.01. The van der Waals surface area contributed by atoms with Crippen molar-refractivity contribution in [2.24, 2.45) is 0 Å². The number of rotatable bonds is 3. The molecule has 2 aromatic heterocycles. The lowest BCUT2D eigenvalue weighted by atomic mass is 10.5. The number of pyridine rings is 1. The predicted octanol–water partition coefficient (Wildman–Crippen LogP) is 3.67. The van der Waals surface area contributed by atoms with Crippen molar-refractivity contribution in [2.45, 2.75) is 11.8 Å². The van der Waals surface area contributed by atoms with Gasteiger partial charge in [0.1, 0.15) is 4.90 Å². The smallest absolute Gasteiger partial charge is 0.262 e. The summed E-state index contributed by atoms with van der Waals surface area (Å²) in [6.07, 6.45) is 1.47. The van der Waals surface area contributed by atoms with Crippen LogP contribution in [0.3, 0.4) is 0 Å². The van der Waals surface area contributed by atoms with Crippen molar-refractivity contribution >= 4 is 54.7 Å². The molecule has 0 aliphatic heterocycles. The molecule has 18 heavy (non-hydrogen) atoms. The lowest BCUT2D eigenvalue weighted by Gasteiger charge is -2.07. The third-order valence-electron chi connectivity index (χ3n) is 2.12. The van der Waals surface area contributed by atoms with E-state index in [2.05, 4.69) is 25.6 Å². The Morgan fingerprint density at radius 1 is 1.50 bits per heavy atom. The Kier molecular flexibility index (Phi) is 3.96. The molecule has 0 saturated heterocycles. The van der Waals surface area contributed by atoms with Gasteiger partial charge in [-0.2, -0.15) is 0 Å². The standard InChI is InChI=1S/C10H8BrClN2O2S2/c1-6-8(5-9(11)17-6)18(15,16)14-10-7(12)3-2-4-13-10/h2-5H,1H3,(H,13,14). The fraction of sp³-hybridized carbons (Fsp3) is 0.100. The van der Waals surface area contributed by atoms with Gasteiger partial charge in [-0.3, -0.25) is 4.72 Å². The molecular weight excluding hydrogens is 360 g/mol. The number of nitrogens with one attached hydrogen (secondary N) is 1. The molecule has 4 nitrogen and oxygen atoms in total. The van der Waals surface area contributed by atoms with Crippen molar-refractivity contribution < 1.29 is 8.42 Å². The number of hydrogen-bond acceptors (Lipinski definition) is 4. The molecule has 0 amide bonds. The van der Waals surface area contributed by atoms with Gasteiger partial charge in [0.05, 0.1) is 8.81 Å². The SMILES string of the molecule is Cc1sc(Br)cc1S(=O)(=O)Nc1ncccc1Cl. The van der Waals surface area contributed by atoms with Crippen LogP contribution in [0.4, 0.5) is 5.82 Å². The van der Waals surface area contributed by atoms with Gasteiger partial charge in [-0.15, -0.1) is 11.3 Å². The Bertz CT molecular complexity index is 685. The Balaban J connectivity index is 2.40. The average molecular weight is 368 g/mol. The third kappa shape index (κ3) is 2.85. The molecule has 0 fully saturated rings. The minimum atomic E-state index is -3.66. The molecule has 0 unspecified atom stereocenters. The highest BCUT2D eigenvalue weighted by Crippen LogP contribution is 2.31. The molecule has 0 bridgehead atoms. The summed E-state index contributed by atoms with van der Waals surface area (Å²) in [5.74, 6) is 0.126. The first kappa shape index (κ1) is 13.8. The molecule has 1 N–H and O–H groups in total. The van der Waals surface area contributed by atoms with E-state index in [1.807, 2.05) is 0 Å². The van der Waals surface area contributed by atoms with E-state index in [4.69, 9.17) is 11.6 Å². The second kappa shape index (κ2) is 5.16. The van der Waals surface area contributed by atoms with Crippen LogP contribution in [0, 0.1) is 6.92 Å².